The number of aryl methyl sites for hydroxylation is 1. The van der Waals surface area contributed by atoms with Gasteiger partial charge in [-0.1, -0.05) is 39.3 Å². The Hall–Kier alpha value is -1.20. The van der Waals surface area contributed by atoms with Gasteiger partial charge in [0.15, 0.2) is 5.82 Å². The Kier molecular flexibility index (Phi) is 4.17. The van der Waals surface area contributed by atoms with E-state index in [2.05, 4.69) is 55.7 Å². The van der Waals surface area contributed by atoms with E-state index in [4.69, 9.17) is 4.52 Å². The lowest BCUT2D eigenvalue weighted by atomic mass is 9.76. The van der Waals surface area contributed by atoms with Crippen molar-refractivity contribution in [1.29, 1.82) is 0 Å². The third-order valence-corrected chi connectivity index (χ3v) is 4.55. The highest BCUT2D eigenvalue weighted by Gasteiger charge is 2.30. The highest BCUT2D eigenvalue weighted by Crippen LogP contribution is 2.39. The predicted octanol–water partition coefficient (Wildman–Crippen LogP) is 3.22. The number of aromatic nitrogens is 2. The van der Waals surface area contributed by atoms with E-state index in [9.17, 15) is 0 Å². The molecule has 1 aromatic carbocycles. The lowest BCUT2D eigenvalue weighted by molar-refractivity contribution is 0.286. The lowest BCUT2D eigenvalue weighted by Gasteiger charge is -2.36. The van der Waals surface area contributed by atoms with Crippen molar-refractivity contribution in [2.45, 2.75) is 38.1 Å². The molecule has 0 atom stereocenters. The molecule has 0 unspecified atom stereocenters. The Morgan fingerprint density at radius 3 is 2.85 bits per heavy atom. The van der Waals surface area contributed by atoms with Gasteiger partial charge in [0.2, 0.25) is 5.89 Å². The molecule has 106 valence electrons. The van der Waals surface area contributed by atoms with Crippen molar-refractivity contribution >= 4 is 15.9 Å². The van der Waals surface area contributed by atoms with Gasteiger partial charge in [0, 0.05) is 23.5 Å². The molecule has 0 bridgehead atoms. The summed E-state index contributed by atoms with van der Waals surface area (Å²) < 4.78 is 6.32. The number of rotatable bonds is 5. The summed E-state index contributed by atoms with van der Waals surface area (Å²) in [7, 11) is 0. The van der Waals surface area contributed by atoms with Crippen molar-refractivity contribution < 1.29 is 4.52 Å². The van der Waals surface area contributed by atoms with Gasteiger partial charge in [-0.25, -0.2) is 0 Å². The van der Waals surface area contributed by atoms with Crippen LogP contribution in [-0.2, 0) is 6.42 Å². The van der Waals surface area contributed by atoms with Crippen molar-refractivity contribution in [1.82, 2.24) is 15.5 Å². The van der Waals surface area contributed by atoms with Crippen LogP contribution in [0.25, 0.3) is 0 Å². The van der Waals surface area contributed by atoms with E-state index in [1.54, 1.807) is 0 Å². The maximum atomic E-state index is 5.10. The largest absolute Gasteiger partial charge is 0.339 e. The maximum Gasteiger partial charge on any atom is 0.227 e. The molecule has 0 aliphatic heterocycles. The average molecular weight is 336 g/mol. The summed E-state index contributed by atoms with van der Waals surface area (Å²) in [6, 6.07) is 9.11. The summed E-state index contributed by atoms with van der Waals surface area (Å²) in [5.41, 5.74) is 1.43. The fourth-order valence-corrected chi connectivity index (χ4v) is 3.28. The van der Waals surface area contributed by atoms with Gasteiger partial charge in [-0.05, 0) is 37.3 Å². The molecule has 5 heteroatoms. The number of nitrogens with one attached hydrogen (secondary N) is 1. The first-order valence-corrected chi connectivity index (χ1v) is 7.78. The quantitative estimate of drug-likeness (QED) is 0.911. The number of hydrogen-bond donors (Lipinski definition) is 1. The molecule has 0 radical (unpaired) electrons. The van der Waals surface area contributed by atoms with E-state index >= 15 is 0 Å². The monoisotopic (exact) mass is 335 g/mol. The molecule has 0 saturated heterocycles. The zero-order chi connectivity index (χ0) is 13.9. The normalized spacial score (nSPS) is 21.7. The van der Waals surface area contributed by atoms with Gasteiger partial charge < -0.3 is 9.84 Å². The van der Waals surface area contributed by atoms with E-state index in [1.807, 2.05) is 6.92 Å². The smallest absolute Gasteiger partial charge is 0.227 e. The number of nitrogens with zero attached hydrogens (tertiary/aromatic N) is 2. The van der Waals surface area contributed by atoms with E-state index in [-0.39, 0.29) is 0 Å². The van der Waals surface area contributed by atoms with E-state index in [0.29, 0.717) is 17.8 Å². The molecule has 1 fully saturated rings. The topological polar surface area (TPSA) is 51.0 Å². The Morgan fingerprint density at radius 1 is 1.35 bits per heavy atom. The minimum absolute atomic E-state index is 0.608. The van der Waals surface area contributed by atoms with Crippen molar-refractivity contribution in [3.63, 3.8) is 0 Å². The zero-order valence-electron chi connectivity index (χ0n) is 11.5. The number of halogens is 1. The van der Waals surface area contributed by atoms with Crippen LogP contribution in [0, 0.1) is 6.92 Å². The molecule has 0 spiro atoms. The van der Waals surface area contributed by atoms with E-state index in [0.717, 1.165) is 18.9 Å². The van der Waals surface area contributed by atoms with Crippen LogP contribution in [0.15, 0.2) is 33.3 Å². The minimum atomic E-state index is 0.608. The highest BCUT2D eigenvalue weighted by atomic mass is 79.9. The van der Waals surface area contributed by atoms with Gasteiger partial charge in [-0.15, -0.1) is 0 Å². The molecular formula is C15H18BrN3O. The standard InChI is InChI=1S/C15H18BrN3O/c1-10-18-15(20-19-10)6-7-17-12-8-11(9-12)13-4-2-3-5-14(13)16/h2-5,11-12,17H,6-9H2,1H3. The maximum absolute atomic E-state index is 5.10. The van der Waals surface area contributed by atoms with Gasteiger partial charge in [-0.3, -0.25) is 0 Å². The first kappa shape index (κ1) is 13.8. The molecule has 0 amide bonds. The van der Waals surface area contributed by atoms with Crippen LogP contribution in [0.2, 0.25) is 0 Å². The van der Waals surface area contributed by atoms with Crippen LogP contribution in [-0.4, -0.2) is 22.7 Å². The summed E-state index contributed by atoms with van der Waals surface area (Å²) >= 11 is 3.63. The Balaban J connectivity index is 1.41. The Labute approximate surface area is 127 Å². The van der Waals surface area contributed by atoms with Crippen LogP contribution in [0.4, 0.5) is 0 Å². The van der Waals surface area contributed by atoms with Crippen molar-refractivity contribution in [3.05, 3.63) is 46.0 Å². The summed E-state index contributed by atoms with van der Waals surface area (Å²) in [6.45, 7) is 2.74. The van der Waals surface area contributed by atoms with E-state index in [1.165, 1.54) is 22.9 Å². The van der Waals surface area contributed by atoms with Crippen LogP contribution in [0.1, 0.15) is 36.0 Å². The number of benzene rings is 1. The second-order valence-corrected chi connectivity index (χ2v) is 6.18. The van der Waals surface area contributed by atoms with Crippen LogP contribution < -0.4 is 5.32 Å². The fraction of sp³-hybridized carbons (Fsp3) is 0.467. The molecule has 1 saturated carbocycles. The first-order chi connectivity index (χ1) is 9.72. The van der Waals surface area contributed by atoms with Crippen molar-refractivity contribution in [2.24, 2.45) is 0 Å². The lowest BCUT2D eigenvalue weighted by Crippen LogP contribution is -2.41. The molecule has 1 aromatic heterocycles. The Morgan fingerprint density at radius 2 is 2.15 bits per heavy atom. The van der Waals surface area contributed by atoms with E-state index < -0.39 is 0 Å². The molecule has 20 heavy (non-hydrogen) atoms. The molecule has 1 N–H and O–H groups in total. The van der Waals surface area contributed by atoms with Gasteiger partial charge in [0.05, 0.1) is 0 Å². The molecule has 3 rings (SSSR count). The SMILES string of the molecule is Cc1noc(CCNC2CC(c3ccccc3Br)C2)n1. The molecule has 4 nitrogen and oxygen atoms in total. The number of hydrogen-bond acceptors (Lipinski definition) is 4. The molecule has 2 aromatic rings. The van der Waals surface area contributed by atoms with Crippen LogP contribution in [0.5, 0.6) is 0 Å². The van der Waals surface area contributed by atoms with Gasteiger partial charge in [0.25, 0.3) is 0 Å². The molecule has 1 aliphatic carbocycles. The van der Waals surface area contributed by atoms with Gasteiger partial charge in [0.1, 0.15) is 0 Å². The average Bonchev–Trinajstić information content (AvgIpc) is 2.79. The fourth-order valence-electron chi connectivity index (χ4n) is 2.67. The minimum Gasteiger partial charge on any atom is -0.339 e. The third kappa shape index (κ3) is 3.10. The van der Waals surface area contributed by atoms with Crippen molar-refractivity contribution in [2.75, 3.05) is 6.54 Å². The second-order valence-electron chi connectivity index (χ2n) is 5.33. The van der Waals surface area contributed by atoms with Gasteiger partial charge >= 0.3 is 0 Å². The Bertz CT molecular complexity index is 578. The third-order valence-electron chi connectivity index (χ3n) is 3.82. The van der Waals surface area contributed by atoms with Crippen molar-refractivity contribution in [3.8, 4) is 0 Å². The summed E-state index contributed by atoms with van der Waals surface area (Å²) in [5, 5.41) is 7.34. The van der Waals surface area contributed by atoms with Crippen LogP contribution >= 0.6 is 15.9 Å². The molecule has 1 heterocycles. The molecular weight excluding hydrogens is 318 g/mol. The first-order valence-electron chi connectivity index (χ1n) is 6.99. The second kappa shape index (κ2) is 6.06. The molecule has 1 aliphatic rings. The predicted molar refractivity (Wildman–Crippen MR) is 80.6 cm³/mol. The highest BCUT2D eigenvalue weighted by molar-refractivity contribution is 9.10. The summed E-state index contributed by atoms with van der Waals surface area (Å²) in [5.74, 6) is 2.10. The van der Waals surface area contributed by atoms with Gasteiger partial charge in [-0.2, -0.15) is 4.98 Å². The summed E-state index contributed by atoms with van der Waals surface area (Å²) in [6.07, 6.45) is 3.20. The van der Waals surface area contributed by atoms with Crippen LogP contribution in [0.3, 0.4) is 0 Å². The zero-order valence-corrected chi connectivity index (χ0v) is 13.1. The summed E-state index contributed by atoms with van der Waals surface area (Å²) in [4.78, 5) is 4.20.